The number of halogens is 2. The highest BCUT2D eigenvalue weighted by Crippen LogP contribution is 2.17. The number of nitrogens with one attached hydrogen (secondary N) is 3. The number of fused-ring (bicyclic) bond motifs is 1. The largest absolute Gasteiger partial charge is 0.340 e. The Bertz CT molecular complexity index is 1140. The van der Waals surface area contributed by atoms with Crippen LogP contribution in [0, 0.1) is 17.0 Å². The molecule has 0 radical (unpaired) electrons. The lowest BCUT2D eigenvalue weighted by atomic mass is 10.1. The first kappa shape index (κ1) is 20.0. The lowest BCUT2D eigenvalue weighted by molar-refractivity contribution is 0.355. The van der Waals surface area contributed by atoms with Gasteiger partial charge in [0.1, 0.15) is 11.6 Å². The van der Waals surface area contributed by atoms with Gasteiger partial charge in [-0.05, 0) is 47.7 Å². The third kappa shape index (κ3) is 4.33. The Kier molecular flexibility index (Phi) is 5.76. The molecular weight excluding hydrogens is 388 g/mol. The summed E-state index contributed by atoms with van der Waals surface area (Å²) in [5.74, 6) is -0.884. The number of benzene rings is 2. The summed E-state index contributed by atoms with van der Waals surface area (Å²) in [4.78, 5) is 14.8. The number of guanidine groups is 1. The van der Waals surface area contributed by atoms with E-state index in [2.05, 4.69) is 10.6 Å². The summed E-state index contributed by atoms with van der Waals surface area (Å²) in [7, 11) is 0. The maximum atomic E-state index is 13.8. The standard InChI is InChI=1S/C22H23F2N5O/c23-17-2-1-15(20(24)14-17)5-9-28-10-6-16-13-18(3-4-19(16)21(28)30)27-22(25)29-11-7-26-8-12-29/h1-4,6,10,13-14,26H,5,7-9,11-12H2,(H2,25,27). The topological polar surface area (TPSA) is 73.2 Å². The number of aromatic nitrogens is 1. The molecule has 30 heavy (non-hydrogen) atoms. The van der Waals surface area contributed by atoms with E-state index in [0.29, 0.717) is 29.9 Å². The molecule has 0 bridgehead atoms. The summed E-state index contributed by atoms with van der Waals surface area (Å²) >= 11 is 0. The Morgan fingerprint density at radius 1 is 1.10 bits per heavy atom. The van der Waals surface area contributed by atoms with Crippen molar-refractivity contribution in [3.8, 4) is 0 Å². The molecule has 1 aliphatic rings. The molecule has 1 aliphatic heterocycles. The van der Waals surface area contributed by atoms with Gasteiger partial charge in [0.05, 0.1) is 0 Å². The van der Waals surface area contributed by atoms with Crippen molar-refractivity contribution in [1.82, 2.24) is 14.8 Å². The molecule has 0 spiro atoms. The predicted molar refractivity (Wildman–Crippen MR) is 114 cm³/mol. The van der Waals surface area contributed by atoms with Crippen LogP contribution in [0.3, 0.4) is 0 Å². The van der Waals surface area contributed by atoms with Crippen molar-refractivity contribution in [1.29, 1.82) is 5.41 Å². The van der Waals surface area contributed by atoms with Gasteiger partial charge in [-0.25, -0.2) is 8.78 Å². The molecule has 1 aromatic heterocycles. The van der Waals surface area contributed by atoms with Gasteiger partial charge in [0.25, 0.3) is 5.56 Å². The van der Waals surface area contributed by atoms with Crippen LogP contribution in [-0.4, -0.2) is 41.6 Å². The second-order valence-electron chi connectivity index (χ2n) is 7.31. The van der Waals surface area contributed by atoms with Crippen molar-refractivity contribution in [2.75, 3.05) is 31.5 Å². The zero-order chi connectivity index (χ0) is 21.1. The van der Waals surface area contributed by atoms with E-state index in [9.17, 15) is 13.6 Å². The molecule has 2 aromatic carbocycles. The Labute approximate surface area is 172 Å². The summed E-state index contributed by atoms with van der Waals surface area (Å²) in [6, 6.07) is 10.7. The molecular formula is C22H23F2N5O. The summed E-state index contributed by atoms with van der Waals surface area (Å²) in [5.41, 5.74) is 0.949. The van der Waals surface area contributed by atoms with Gasteiger partial charge in [0.15, 0.2) is 5.96 Å². The molecule has 4 rings (SSSR count). The van der Waals surface area contributed by atoms with Crippen LogP contribution in [0.1, 0.15) is 5.56 Å². The van der Waals surface area contributed by atoms with E-state index in [-0.39, 0.29) is 5.56 Å². The first-order chi connectivity index (χ1) is 14.5. The normalized spacial score (nSPS) is 14.1. The van der Waals surface area contributed by atoms with Crippen molar-refractivity contribution in [3.63, 3.8) is 0 Å². The van der Waals surface area contributed by atoms with Crippen molar-refractivity contribution in [2.24, 2.45) is 0 Å². The van der Waals surface area contributed by atoms with Crippen molar-refractivity contribution >= 4 is 22.4 Å². The molecule has 0 saturated carbocycles. The van der Waals surface area contributed by atoms with E-state index >= 15 is 0 Å². The Hall–Kier alpha value is -3.26. The molecule has 0 unspecified atom stereocenters. The van der Waals surface area contributed by atoms with Gasteiger partial charge in [0.2, 0.25) is 0 Å². The average molecular weight is 411 g/mol. The quantitative estimate of drug-likeness (QED) is 0.456. The van der Waals surface area contributed by atoms with Crippen LogP contribution in [0.15, 0.2) is 53.5 Å². The number of hydrogen-bond donors (Lipinski definition) is 3. The lowest BCUT2D eigenvalue weighted by Gasteiger charge is -2.29. The smallest absolute Gasteiger partial charge is 0.258 e. The molecule has 8 heteroatoms. The van der Waals surface area contributed by atoms with Crippen molar-refractivity contribution in [3.05, 3.63) is 76.2 Å². The molecule has 1 saturated heterocycles. The lowest BCUT2D eigenvalue weighted by Crippen LogP contribution is -2.48. The fourth-order valence-electron chi connectivity index (χ4n) is 3.61. The molecule has 6 nitrogen and oxygen atoms in total. The van der Waals surface area contributed by atoms with Gasteiger partial charge in [-0.15, -0.1) is 0 Å². The Balaban J connectivity index is 1.49. The highest BCUT2D eigenvalue weighted by molar-refractivity contribution is 5.94. The SMILES string of the molecule is N=C(Nc1ccc2c(=O)n(CCc3ccc(F)cc3F)ccc2c1)N1CCNCC1. The monoisotopic (exact) mass is 411 g/mol. The van der Waals surface area contributed by atoms with Gasteiger partial charge in [0, 0.05) is 56.1 Å². The summed E-state index contributed by atoms with van der Waals surface area (Å²) in [6.45, 7) is 3.55. The number of hydrogen-bond acceptors (Lipinski definition) is 3. The van der Waals surface area contributed by atoms with E-state index < -0.39 is 11.6 Å². The fourth-order valence-corrected chi connectivity index (χ4v) is 3.61. The predicted octanol–water partition coefficient (Wildman–Crippen LogP) is 2.77. The van der Waals surface area contributed by atoms with Crippen molar-refractivity contribution < 1.29 is 8.78 Å². The van der Waals surface area contributed by atoms with E-state index in [1.807, 2.05) is 17.0 Å². The molecule has 1 fully saturated rings. The second-order valence-corrected chi connectivity index (χ2v) is 7.31. The number of nitrogens with zero attached hydrogens (tertiary/aromatic N) is 2. The van der Waals surface area contributed by atoms with Gasteiger partial charge < -0.3 is 20.1 Å². The third-order valence-corrected chi connectivity index (χ3v) is 5.31. The minimum Gasteiger partial charge on any atom is -0.340 e. The molecule has 0 aliphatic carbocycles. The molecule has 3 N–H and O–H groups in total. The van der Waals surface area contributed by atoms with Crippen LogP contribution in [0.2, 0.25) is 0 Å². The summed E-state index contributed by atoms with van der Waals surface area (Å²) in [6.07, 6.45) is 1.97. The van der Waals surface area contributed by atoms with Crippen LogP contribution in [-0.2, 0) is 13.0 Å². The molecule has 0 amide bonds. The molecule has 2 heterocycles. The fraction of sp³-hybridized carbons (Fsp3) is 0.273. The number of anilines is 1. The van der Waals surface area contributed by atoms with Gasteiger partial charge in [-0.2, -0.15) is 0 Å². The Morgan fingerprint density at radius 3 is 2.67 bits per heavy atom. The average Bonchev–Trinajstić information content (AvgIpc) is 2.75. The van der Waals surface area contributed by atoms with Crippen molar-refractivity contribution in [2.45, 2.75) is 13.0 Å². The number of rotatable bonds is 4. The first-order valence-electron chi connectivity index (χ1n) is 9.89. The van der Waals surface area contributed by atoms with Crippen LogP contribution in [0.4, 0.5) is 14.5 Å². The molecule has 0 atom stereocenters. The van der Waals surface area contributed by atoms with Gasteiger partial charge in [-0.3, -0.25) is 10.2 Å². The number of pyridine rings is 1. The first-order valence-corrected chi connectivity index (χ1v) is 9.89. The highest BCUT2D eigenvalue weighted by Gasteiger charge is 2.13. The van der Waals surface area contributed by atoms with Crippen LogP contribution in [0.25, 0.3) is 10.8 Å². The van der Waals surface area contributed by atoms with Gasteiger partial charge in [-0.1, -0.05) is 6.07 Å². The maximum Gasteiger partial charge on any atom is 0.258 e. The van der Waals surface area contributed by atoms with E-state index in [0.717, 1.165) is 43.3 Å². The second kappa shape index (κ2) is 8.62. The molecule has 156 valence electrons. The minimum atomic E-state index is -0.617. The highest BCUT2D eigenvalue weighted by atomic mass is 19.1. The van der Waals surface area contributed by atoms with Crippen LogP contribution in [0.5, 0.6) is 0 Å². The minimum absolute atomic E-state index is 0.168. The maximum absolute atomic E-state index is 13.8. The zero-order valence-electron chi connectivity index (χ0n) is 16.4. The zero-order valence-corrected chi connectivity index (χ0v) is 16.4. The Morgan fingerprint density at radius 2 is 1.90 bits per heavy atom. The van der Waals surface area contributed by atoms with Gasteiger partial charge >= 0.3 is 0 Å². The number of aryl methyl sites for hydroxylation is 2. The van der Waals surface area contributed by atoms with Crippen LogP contribution >= 0.6 is 0 Å². The van der Waals surface area contributed by atoms with E-state index in [1.54, 1.807) is 18.3 Å². The number of piperazine rings is 1. The van der Waals surface area contributed by atoms with Crippen LogP contribution < -0.4 is 16.2 Å². The summed E-state index contributed by atoms with van der Waals surface area (Å²) < 4.78 is 28.4. The molecule has 3 aromatic rings. The van der Waals surface area contributed by atoms with E-state index in [1.165, 1.54) is 16.7 Å². The third-order valence-electron chi connectivity index (χ3n) is 5.31. The summed E-state index contributed by atoms with van der Waals surface area (Å²) in [5, 5.41) is 15.9. The van der Waals surface area contributed by atoms with E-state index in [4.69, 9.17) is 5.41 Å².